The van der Waals surface area contributed by atoms with Gasteiger partial charge in [0.1, 0.15) is 16.5 Å². The van der Waals surface area contributed by atoms with E-state index < -0.39 is 0 Å². The molecule has 0 unspecified atom stereocenters. The van der Waals surface area contributed by atoms with Gasteiger partial charge < -0.3 is 5.73 Å². The highest BCUT2D eigenvalue weighted by molar-refractivity contribution is 8.00. The molecule has 0 saturated carbocycles. The van der Waals surface area contributed by atoms with E-state index in [0.717, 1.165) is 9.77 Å². The van der Waals surface area contributed by atoms with Crippen LogP contribution < -0.4 is 5.73 Å². The molecule has 3 nitrogen and oxygen atoms in total. The Morgan fingerprint density at radius 1 is 1.16 bits per heavy atom. The molecular formula is C19H13ClN2OS2. The third kappa shape index (κ3) is 3.72. The monoisotopic (exact) mass is 384 g/mol. The molecule has 0 saturated heterocycles. The minimum Gasteiger partial charge on any atom is -0.396 e. The second-order valence-electron chi connectivity index (χ2n) is 5.19. The molecule has 0 bridgehead atoms. The van der Waals surface area contributed by atoms with Crippen LogP contribution in [0, 0.1) is 11.3 Å². The Labute approximate surface area is 159 Å². The summed E-state index contributed by atoms with van der Waals surface area (Å²) in [5, 5.41) is 10.1. The maximum atomic E-state index is 12.7. The Bertz CT molecular complexity index is 961. The molecule has 0 amide bonds. The van der Waals surface area contributed by atoms with E-state index in [2.05, 4.69) is 6.07 Å². The van der Waals surface area contributed by atoms with Gasteiger partial charge in [-0.2, -0.15) is 5.26 Å². The Morgan fingerprint density at radius 2 is 1.84 bits per heavy atom. The van der Waals surface area contributed by atoms with Gasteiger partial charge in [0.15, 0.2) is 0 Å². The van der Waals surface area contributed by atoms with Crippen LogP contribution in [0.2, 0.25) is 5.02 Å². The fourth-order valence-electron chi connectivity index (χ4n) is 2.28. The molecule has 3 rings (SSSR count). The number of nitrogens with two attached hydrogens (primary N) is 1. The topological polar surface area (TPSA) is 66.9 Å². The number of carbonyl (C=O) groups excluding carboxylic acids is 1. The van der Waals surface area contributed by atoms with E-state index in [1.54, 1.807) is 24.3 Å². The van der Waals surface area contributed by atoms with Crippen molar-refractivity contribution in [3.8, 4) is 6.07 Å². The molecular weight excluding hydrogens is 372 g/mol. The summed E-state index contributed by atoms with van der Waals surface area (Å²) in [5.41, 5.74) is 8.23. The Balaban J connectivity index is 1.90. The van der Waals surface area contributed by atoms with Crippen molar-refractivity contribution >= 4 is 46.2 Å². The molecule has 0 radical (unpaired) electrons. The fourth-order valence-corrected chi connectivity index (χ4v) is 4.93. The standard InChI is InChI=1S/C19H13ClN2OS2/c20-15-9-5-4-8-13(15)11-24-19-14(10-21)16(22)18(25-19)17(23)12-6-2-1-3-7-12/h1-9H,11,22H2. The molecule has 0 spiro atoms. The molecule has 0 aliphatic carbocycles. The smallest absolute Gasteiger partial charge is 0.205 e. The van der Waals surface area contributed by atoms with E-state index in [1.807, 2.05) is 30.3 Å². The molecule has 1 heterocycles. The van der Waals surface area contributed by atoms with Crippen LogP contribution in [0.4, 0.5) is 5.69 Å². The van der Waals surface area contributed by atoms with Crippen LogP contribution in [0.25, 0.3) is 0 Å². The number of carbonyl (C=O) groups is 1. The van der Waals surface area contributed by atoms with Crippen molar-refractivity contribution in [2.24, 2.45) is 0 Å². The highest BCUT2D eigenvalue weighted by Gasteiger charge is 2.22. The van der Waals surface area contributed by atoms with Crippen LogP contribution in [0.15, 0.2) is 58.8 Å². The van der Waals surface area contributed by atoms with Gasteiger partial charge in [-0.25, -0.2) is 0 Å². The number of thiophene rings is 1. The van der Waals surface area contributed by atoms with Gasteiger partial charge in [-0.1, -0.05) is 60.1 Å². The average molecular weight is 385 g/mol. The molecule has 3 aromatic rings. The zero-order valence-corrected chi connectivity index (χ0v) is 15.4. The second kappa shape index (κ2) is 7.75. The zero-order valence-electron chi connectivity index (χ0n) is 13.0. The van der Waals surface area contributed by atoms with Crippen molar-refractivity contribution in [3.05, 3.63) is 81.2 Å². The predicted octanol–water partition coefficient (Wildman–Crippen LogP) is 5.38. The summed E-state index contributed by atoms with van der Waals surface area (Å²) >= 11 is 8.90. The van der Waals surface area contributed by atoms with E-state index in [4.69, 9.17) is 17.3 Å². The number of ketones is 1. The Kier molecular flexibility index (Phi) is 5.44. The summed E-state index contributed by atoms with van der Waals surface area (Å²) in [6, 6.07) is 18.6. The minimum atomic E-state index is -0.163. The summed E-state index contributed by atoms with van der Waals surface area (Å²) in [5.74, 6) is 0.442. The Morgan fingerprint density at radius 3 is 2.52 bits per heavy atom. The lowest BCUT2D eigenvalue weighted by atomic mass is 10.1. The molecule has 6 heteroatoms. The molecule has 2 N–H and O–H groups in total. The van der Waals surface area contributed by atoms with Gasteiger partial charge in [-0.15, -0.1) is 23.1 Å². The summed E-state index contributed by atoms with van der Waals surface area (Å²) in [7, 11) is 0. The maximum absolute atomic E-state index is 12.7. The molecule has 0 fully saturated rings. The van der Waals surface area contributed by atoms with Crippen LogP contribution in [0.5, 0.6) is 0 Å². The largest absolute Gasteiger partial charge is 0.396 e. The molecule has 2 aromatic carbocycles. The van der Waals surface area contributed by atoms with Crippen LogP contribution in [-0.4, -0.2) is 5.78 Å². The van der Waals surface area contributed by atoms with Gasteiger partial charge in [0.2, 0.25) is 5.78 Å². The lowest BCUT2D eigenvalue weighted by Crippen LogP contribution is -2.02. The second-order valence-corrected chi connectivity index (χ2v) is 7.87. The molecule has 124 valence electrons. The minimum absolute atomic E-state index is 0.163. The highest BCUT2D eigenvalue weighted by Crippen LogP contribution is 2.40. The number of benzene rings is 2. The van der Waals surface area contributed by atoms with E-state index in [9.17, 15) is 10.1 Å². The number of hydrogen-bond donors (Lipinski definition) is 1. The van der Waals surface area contributed by atoms with Crippen molar-refractivity contribution in [1.82, 2.24) is 0 Å². The zero-order chi connectivity index (χ0) is 17.8. The first-order valence-corrected chi connectivity index (χ1v) is 9.58. The lowest BCUT2D eigenvalue weighted by molar-refractivity contribution is 0.104. The van der Waals surface area contributed by atoms with E-state index in [1.165, 1.54) is 23.1 Å². The van der Waals surface area contributed by atoms with E-state index in [0.29, 0.717) is 26.8 Å². The SMILES string of the molecule is N#Cc1c(SCc2ccccc2Cl)sc(C(=O)c2ccccc2)c1N. The third-order valence-corrected chi connectivity index (χ3v) is 6.48. The van der Waals surface area contributed by atoms with Gasteiger partial charge >= 0.3 is 0 Å². The summed E-state index contributed by atoms with van der Waals surface area (Å²) in [4.78, 5) is 13.1. The van der Waals surface area contributed by atoms with Gasteiger partial charge in [-0.3, -0.25) is 4.79 Å². The molecule has 0 aliphatic rings. The normalized spacial score (nSPS) is 10.4. The summed E-state index contributed by atoms with van der Waals surface area (Å²) < 4.78 is 0.735. The van der Waals surface area contributed by atoms with Crippen LogP contribution >= 0.6 is 34.7 Å². The molecule has 25 heavy (non-hydrogen) atoms. The van der Waals surface area contributed by atoms with Gasteiger partial charge in [0.05, 0.1) is 9.90 Å². The van der Waals surface area contributed by atoms with Crippen LogP contribution in [-0.2, 0) is 5.75 Å². The van der Waals surface area contributed by atoms with Crippen molar-refractivity contribution in [2.45, 2.75) is 9.96 Å². The number of halogens is 1. The van der Waals surface area contributed by atoms with Crippen LogP contribution in [0.3, 0.4) is 0 Å². The van der Waals surface area contributed by atoms with E-state index in [-0.39, 0.29) is 11.5 Å². The highest BCUT2D eigenvalue weighted by atomic mass is 35.5. The number of nitriles is 1. The number of rotatable bonds is 5. The van der Waals surface area contributed by atoms with E-state index >= 15 is 0 Å². The maximum Gasteiger partial charge on any atom is 0.205 e. The molecule has 0 aliphatic heterocycles. The number of nitrogen functional groups attached to an aromatic ring is 1. The van der Waals surface area contributed by atoms with Crippen LogP contribution in [0.1, 0.15) is 26.4 Å². The molecule has 1 aromatic heterocycles. The van der Waals surface area contributed by atoms with Gasteiger partial charge in [-0.05, 0) is 11.6 Å². The van der Waals surface area contributed by atoms with Crippen molar-refractivity contribution in [3.63, 3.8) is 0 Å². The quantitative estimate of drug-likeness (QED) is 0.473. The summed E-state index contributed by atoms with van der Waals surface area (Å²) in [6.45, 7) is 0. The number of thioether (sulfide) groups is 1. The predicted molar refractivity (Wildman–Crippen MR) is 104 cm³/mol. The number of hydrogen-bond acceptors (Lipinski definition) is 5. The first-order chi connectivity index (χ1) is 12.1. The number of nitrogens with zero attached hydrogens (tertiary/aromatic N) is 1. The van der Waals surface area contributed by atoms with Gasteiger partial charge in [0.25, 0.3) is 0 Å². The van der Waals surface area contributed by atoms with Crippen molar-refractivity contribution in [1.29, 1.82) is 5.26 Å². The lowest BCUT2D eigenvalue weighted by Gasteiger charge is -2.02. The first-order valence-electron chi connectivity index (χ1n) is 7.40. The number of anilines is 1. The van der Waals surface area contributed by atoms with Gasteiger partial charge in [0, 0.05) is 16.3 Å². The fraction of sp³-hybridized carbons (Fsp3) is 0.0526. The van der Waals surface area contributed by atoms with Crippen molar-refractivity contribution < 1.29 is 4.79 Å². The summed E-state index contributed by atoms with van der Waals surface area (Å²) in [6.07, 6.45) is 0. The average Bonchev–Trinajstić information content (AvgIpc) is 2.96. The molecule has 0 atom stereocenters. The first kappa shape index (κ1) is 17.6. The van der Waals surface area contributed by atoms with Crippen molar-refractivity contribution in [2.75, 3.05) is 5.73 Å². The Hall–Kier alpha value is -2.26. The third-order valence-electron chi connectivity index (χ3n) is 3.58.